The van der Waals surface area contributed by atoms with Gasteiger partial charge in [-0.05, 0) is 49.4 Å². The van der Waals surface area contributed by atoms with Crippen LogP contribution in [-0.4, -0.2) is 74.8 Å². The zero-order chi connectivity index (χ0) is 26.2. The van der Waals surface area contributed by atoms with Gasteiger partial charge in [-0.3, -0.25) is 14.1 Å². The van der Waals surface area contributed by atoms with Crippen LogP contribution in [-0.2, 0) is 23.1 Å². The second-order valence-electron chi connectivity index (χ2n) is 10.4. The molecule has 4 heterocycles. The fourth-order valence-corrected chi connectivity index (χ4v) is 5.53. The van der Waals surface area contributed by atoms with E-state index in [1.54, 1.807) is 18.7 Å². The van der Waals surface area contributed by atoms with Crippen molar-refractivity contribution in [1.29, 1.82) is 0 Å². The zero-order valence-corrected chi connectivity index (χ0v) is 21.8. The molecule has 38 heavy (non-hydrogen) atoms. The van der Waals surface area contributed by atoms with Gasteiger partial charge in [-0.1, -0.05) is 12.1 Å². The first-order chi connectivity index (χ1) is 18.5. The summed E-state index contributed by atoms with van der Waals surface area (Å²) in [7, 11) is 3.46. The maximum absolute atomic E-state index is 13.3. The van der Waals surface area contributed by atoms with Crippen molar-refractivity contribution in [3.05, 3.63) is 52.7 Å². The molecule has 2 fully saturated rings. The van der Waals surface area contributed by atoms with E-state index in [1.165, 1.54) is 0 Å². The Morgan fingerprint density at radius 1 is 1.08 bits per heavy atom. The molecule has 1 aliphatic carbocycles. The highest BCUT2D eigenvalue weighted by atomic mass is 19.1. The highest BCUT2D eigenvalue weighted by Gasteiger charge is 2.34. The molecule has 1 saturated heterocycles. The molecule has 0 amide bonds. The van der Waals surface area contributed by atoms with Crippen LogP contribution in [0.25, 0.3) is 33.2 Å². The molecule has 200 valence electrons. The van der Waals surface area contributed by atoms with E-state index < -0.39 is 6.17 Å². The Morgan fingerprint density at radius 3 is 2.61 bits per heavy atom. The van der Waals surface area contributed by atoms with Gasteiger partial charge in [-0.15, -0.1) is 10.2 Å². The first-order valence-electron chi connectivity index (χ1n) is 13.3. The molecule has 1 saturated carbocycles. The Balaban J connectivity index is 1.20. The van der Waals surface area contributed by atoms with Crippen LogP contribution in [0.5, 0.6) is 0 Å². The maximum atomic E-state index is 13.3. The largest absolute Gasteiger partial charge is 0.381 e. The summed E-state index contributed by atoms with van der Waals surface area (Å²) in [4.78, 5) is 20.0. The minimum atomic E-state index is -0.652. The van der Waals surface area contributed by atoms with E-state index in [4.69, 9.17) is 9.47 Å². The second kappa shape index (κ2) is 10.5. The van der Waals surface area contributed by atoms with E-state index in [0.29, 0.717) is 31.7 Å². The average Bonchev–Trinajstić information content (AvgIpc) is 3.17. The molecule has 9 nitrogen and oxygen atoms in total. The SMILES string of the molecule is CO[C@H]1C[C@H](n2c(=O)n(C)c3nnc4ccc(-c5ccc(COCCN6CCC(F)CC6)nc5)cc4c32)C1. The summed E-state index contributed by atoms with van der Waals surface area (Å²) < 4.78 is 28.0. The smallest absolute Gasteiger partial charge is 0.330 e. The molecular formula is C28H33FN6O3. The minimum absolute atomic E-state index is 0.0790. The van der Waals surface area contributed by atoms with Crippen molar-refractivity contribution in [2.75, 3.05) is 33.4 Å². The number of alkyl halides is 1. The Hall–Kier alpha value is -3.21. The Labute approximate surface area is 220 Å². The molecule has 10 heteroatoms. The Morgan fingerprint density at radius 2 is 1.87 bits per heavy atom. The van der Waals surface area contributed by atoms with Crippen LogP contribution < -0.4 is 5.69 Å². The summed E-state index contributed by atoms with van der Waals surface area (Å²) >= 11 is 0. The molecule has 6 rings (SSSR count). The monoisotopic (exact) mass is 520 g/mol. The molecule has 1 aliphatic heterocycles. The van der Waals surface area contributed by atoms with Crippen LogP contribution in [0.4, 0.5) is 4.39 Å². The number of pyridine rings is 1. The van der Waals surface area contributed by atoms with Crippen LogP contribution in [0.3, 0.4) is 0 Å². The van der Waals surface area contributed by atoms with E-state index in [1.807, 2.05) is 35.0 Å². The summed E-state index contributed by atoms with van der Waals surface area (Å²) in [5.74, 6) is 0. The lowest BCUT2D eigenvalue weighted by Crippen LogP contribution is -2.37. The van der Waals surface area contributed by atoms with Crippen molar-refractivity contribution < 1.29 is 13.9 Å². The highest BCUT2D eigenvalue weighted by molar-refractivity contribution is 6.02. The maximum Gasteiger partial charge on any atom is 0.330 e. The molecular weight excluding hydrogens is 487 g/mol. The molecule has 0 bridgehead atoms. The van der Waals surface area contributed by atoms with Gasteiger partial charge in [0.15, 0.2) is 5.65 Å². The van der Waals surface area contributed by atoms with Gasteiger partial charge in [0.2, 0.25) is 0 Å². The lowest BCUT2D eigenvalue weighted by atomic mass is 9.89. The summed E-state index contributed by atoms with van der Waals surface area (Å²) in [6.07, 6.45) is 4.23. The summed E-state index contributed by atoms with van der Waals surface area (Å²) in [5.41, 5.74) is 4.90. The van der Waals surface area contributed by atoms with Gasteiger partial charge in [-0.25, -0.2) is 9.18 Å². The van der Waals surface area contributed by atoms with Gasteiger partial charge >= 0.3 is 5.69 Å². The van der Waals surface area contributed by atoms with Crippen LogP contribution >= 0.6 is 0 Å². The first kappa shape index (κ1) is 25.1. The molecule has 1 aromatic carbocycles. The number of hydrogen-bond donors (Lipinski definition) is 0. The van der Waals surface area contributed by atoms with E-state index >= 15 is 0 Å². The highest BCUT2D eigenvalue weighted by Crippen LogP contribution is 2.37. The van der Waals surface area contributed by atoms with Crippen molar-refractivity contribution in [3.63, 3.8) is 0 Å². The van der Waals surface area contributed by atoms with Crippen molar-refractivity contribution in [3.8, 4) is 11.1 Å². The lowest BCUT2D eigenvalue weighted by Gasteiger charge is -2.34. The van der Waals surface area contributed by atoms with E-state index in [0.717, 1.165) is 65.7 Å². The molecule has 2 aliphatic rings. The number of aryl methyl sites for hydroxylation is 1. The normalized spacial score (nSPS) is 20.8. The molecule has 0 N–H and O–H groups in total. The van der Waals surface area contributed by atoms with E-state index in [-0.39, 0.29) is 17.8 Å². The number of ether oxygens (including phenoxy) is 2. The third-order valence-corrected chi connectivity index (χ3v) is 8.01. The number of imidazole rings is 1. The van der Waals surface area contributed by atoms with Crippen molar-refractivity contribution >= 4 is 22.1 Å². The summed E-state index contributed by atoms with van der Waals surface area (Å²) in [6.45, 7) is 3.46. The number of halogens is 1. The number of aromatic nitrogens is 5. The van der Waals surface area contributed by atoms with Gasteiger partial charge in [-0.2, -0.15) is 0 Å². The van der Waals surface area contributed by atoms with Gasteiger partial charge < -0.3 is 14.4 Å². The van der Waals surface area contributed by atoms with Crippen molar-refractivity contribution in [2.24, 2.45) is 7.05 Å². The molecule has 3 aromatic heterocycles. The Kier molecular flexibility index (Phi) is 6.94. The minimum Gasteiger partial charge on any atom is -0.381 e. The second-order valence-corrected chi connectivity index (χ2v) is 10.4. The average molecular weight is 521 g/mol. The van der Waals surface area contributed by atoms with Crippen molar-refractivity contribution in [1.82, 2.24) is 29.2 Å². The fraction of sp³-hybridized carbons (Fsp3) is 0.500. The Bertz CT molecular complexity index is 1490. The van der Waals surface area contributed by atoms with Gasteiger partial charge in [0.25, 0.3) is 0 Å². The van der Waals surface area contributed by atoms with Crippen LogP contribution in [0.1, 0.15) is 37.4 Å². The number of methoxy groups -OCH3 is 1. The molecule has 0 atom stereocenters. The van der Waals surface area contributed by atoms with Gasteiger partial charge in [0, 0.05) is 57.0 Å². The number of piperidine rings is 1. The third-order valence-electron chi connectivity index (χ3n) is 8.01. The standard InChI is InChI=1S/C28H33FN6O3/c1-33-27-26(35(28(33)36)22-14-23(15-22)37-2)24-13-18(4-6-25(24)31-32-27)19-3-5-21(30-16-19)17-38-12-11-34-9-7-20(29)8-10-34/h3-6,13,16,20,22-23H,7-12,14-15,17H2,1-2H3/t22-,23-. The number of nitrogens with zero attached hydrogens (tertiary/aromatic N) is 6. The van der Waals surface area contributed by atoms with Crippen LogP contribution in [0, 0.1) is 0 Å². The van der Waals surface area contributed by atoms with Crippen LogP contribution in [0.15, 0.2) is 41.3 Å². The van der Waals surface area contributed by atoms with Gasteiger partial charge in [0.1, 0.15) is 11.7 Å². The van der Waals surface area contributed by atoms with E-state index in [2.05, 4.69) is 26.1 Å². The summed E-state index contributed by atoms with van der Waals surface area (Å²) in [5, 5.41) is 9.65. The predicted octanol–water partition coefficient (Wildman–Crippen LogP) is 3.65. The topological polar surface area (TPSA) is 87.3 Å². The predicted molar refractivity (Wildman–Crippen MR) is 143 cm³/mol. The third kappa shape index (κ3) is 4.72. The molecule has 0 unspecified atom stereocenters. The molecule has 0 radical (unpaired) electrons. The molecule has 0 spiro atoms. The zero-order valence-electron chi connectivity index (χ0n) is 21.8. The summed E-state index contributed by atoms with van der Waals surface area (Å²) in [6, 6.07) is 10.1. The van der Waals surface area contributed by atoms with Crippen LogP contribution in [0.2, 0.25) is 0 Å². The number of hydrogen-bond acceptors (Lipinski definition) is 7. The number of likely N-dealkylation sites (tertiary alicyclic amines) is 1. The molecule has 4 aromatic rings. The van der Waals surface area contributed by atoms with E-state index in [9.17, 15) is 9.18 Å². The van der Waals surface area contributed by atoms with Crippen molar-refractivity contribution in [2.45, 2.75) is 50.6 Å². The first-order valence-corrected chi connectivity index (χ1v) is 13.3. The number of rotatable bonds is 8. The fourth-order valence-electron chi connectivity index (χ4n) is 5.53. The van der Waals surface area contributed by atoms with Gasteiger partial charge in [0.05, 0.1) is 30.5 Å². The number of fused-ring (bicyclic) bond motifs is 3. The lowest BCUT2D eigenvalue weighted by molar-refractivity contribution is 0.00635. The number of benzene rings is 1. The quantitative estimate of drug-likeness (QED) is 0.328.